The molecule has 3 aromatic heterocycles. The van der Waals surface area contributed by atoms with Gasteiger partial charge < -0.3 is 61.0 Å². The summed E-state index contributed by atoms with van der Waals surface area (Å²) in [6, 6.07) is 50.4. The number of rotatable bonds is 21. The van der Waals surface area contributed by atoms with Crippen LogP contribution in [-0.4, -0.2) is 159 Å². The molecule has 0 radical (unpaired) electrons. The number of aromatic nitrogens is 9. The van der Waals surface area contributed by atoms with Crippen molar-refractivity contribution in [1.82, 2.24) is 65.3 Å². The van der Waals surface area contributed by atoms with Crippen molar-refractivity contribution in [3.63, 3.8) is 0 Å². The van der Waals surface area contributed by atoms with Gasteiger partial charge in [-0.15, -0.1) is 0 Å². The van der Waals surface area contributed by atoms with Crippen molar-refractivity contribution in [1.29, 1.82) is 0 Å². The van der Waals surface area contributed by atoms with E-state index in [1.807, 2.05) is 109 Å². The quantitative estimate of drug-likeness (QED) is 0.0368. The molecule has 21 nitrogen and oxygen atoms in total. The van der Waals surface area contributed by atoms with Gasteiger partial charge >= 0.3 is 0 Å². The van der Waals surface area contributed by atoms with Crippen LogP contribution in [0.3, 0.4) is 0 Å². The third kappa shape index (κ3) is 32.4. The first kappa shape index (κ1) is 95.2. The van der Waals surface area contributed by atoms with Crippen LogP contribution in [0.1, 0.15) is 173 Å². The minimum absolute atomic E-state index is 0. The van der Waals surface area contributed by atoms with Crippen molar-refractivity contribution in [2.45, 2.75) is 202 Å². The van der Waals surface area contributed by atoms with Crippen LogP contribution in [-0.2, 0) is 19.6 Å². The molecule has 5 aliphatic rings. The Morgan fingerprint density at radius 3 is 1.19 bits per heavy atom. The Hall–Kier alpha value is -7.67. The van der Waals surface area contributed by atoms with E-state index in [4.69, 9.17) is 109 Å². The van der Waals surface area contributed by atoms with Gasteiger partial charge in [0.15, 0.2) is 0 Å². The number of hydrogen-bond acceptors (Lipinski definition) is 21. The fourth-order valence-corrected chi connectivity index (χ4v) is 15.1. The van der Waals surface area contributed by atoms with Crippen LogP contribution in [0.15, 0.2) is 146 Å². The summed E-state index contributed by atoms with van der Waals surface area (Å²) in [4.78, 5) is 48.4. The number of piperidine rings is 3. The fourth-order valence-electron chi connectivity index (χ4n) is 13.7. The van der Waals surface area contributed by atoms with Crippen LogP contribution in [0.4, 0.5) is 47.1 Å². The van der Waals surface area contributed by atoms with Gasteiger partial charge in [0.1, 0.15) is 24.7 Å². The van der Waals surface area contributed by atoms with E-state index in [0.717, 1.165) is 118 Å². The number of halogens is 6. The third-order valence-electron chi connectivity index (χ3n) is 20.3. The summed E-state index contributed by atoms with van der Waals surface area (Å²) >= 11 is 35.3. The molecule has 0 bridgehead atoms. The predicted molar refractivity (Wildman–Crippen MR) is 481 cm³/mol. The second-order valence-electron chi connectivity index (χ2n) is 28.8. The summed E-state index contributed by atoms with van der Waals surface area (Å²) in [5.41, 5.74) is 7.47. The molecule has 9 aromatic rings. The molecular weight excluding hydrogens is 1560 g/mol. The first-order valence-electron chi connectivity index (χ1n) is 38.7. The van der Waals surface area contributed by atoms with Crippen molar-refractivity contribution in [3.8, 4) is 11.5 Å². The highest BCUT2D eigenvalue weighted by Crippen LogP contribution is 2.34. The van der Waals surface area contributed by atoms with Gasteiger partial charge in [-0.25, -0.2) is 0 Å². The minimum Gasteiger partial charge on any atom is -0.487 e. The molecule has 0 amide bonds. The number of anilines is 8. The van der Waals surface area contributed by atoms with Crippen molar-refractivity contribution in [2.24, 2.45) is 0 Å². The summed E-state index contributed by atoms with van der Waals surface area (Å²) in [5, 5.41) is 22.6. The lowest BCUT2D eigenvalue weighted by Gasteiger charge is -2.35. The van der Waals surface area contributed by atoms with Gasteiger partial charge in [0.05, 0.1) is 10.0 Å². The Labute approximate surface area is 710 Å². The fraction of sp³-hybridized carbons (Fsp3) is 0.483. The summed E-state index contributed by atoms with van der Waals surface area (Å²) in [6.07, 6.45) is 22.6. The average molecular weight is 1680 g/mol. The van der Waals surface area contributed by atoms with E-state index in [9.17, 15) is 0 Å². The molecule has 114 heavy (non-hydrogen) atoms. The molecule has 6 heterocycles. The molecule has 0 atom stereocenters. The Balaban J connectivity index is 0.000000248. The first-order valence-corrected chi connectivity index (χ1v) is 40.9. The average Bonchev–Trinajstić information content (AvgIpc) is 0.833. The van der Waals surface area contributed by atoms with Crippen LogP contribution in [0.25, 0.3) is 0 Å². The van der Waals surface area contributed by atoms with E-state index in [2.05, 4.69) is 145 Å². The largest absolute Gasteiger partial charge is 0.487 e. The van der Waals surface area contributed by atoms with Crippen molar-refractivity contribution >= 4 is 117 Å². The molecule has 3 saturated heterocycles. The van der Waals surface area contributed by atoms with E-state index in [-0.39, 0.29) is 45.6 Å². The maximum absolute atomic E-state index is 6.59. The van der Waals surface area contributed by atoms with Crippen LogP contribution >= 0.6 is 69.6 Å². The number of hydrogen-bond donors (Lipinski definition) is 6. The summed E-state index contributed by atoms with van der Waals surface area (Å²) in [7, 11) is 10.6. The molecule has 27 heteroatoms. The maximum Gasteiger partial charge on any atom is 0.233 e. The van der Waals surface area contributed by atoms with Crippen LogP contribution in [0.5, 0.6) is 11.5 Å². The SMILES string of the molecule is C.C.C.C.CN(c1nc(Nc2ccc(OCc3ccccc3)c(Cl)c2)nc(NC2CCCCCC2)n1)C1CCNCC1.CN1CCC(N(C)c2nc(Nc3ccc(OCc4ccccc4)c(Cl)c3)nc(NC3CCCCCC3)n2)CC1.CNC1CCN(C)CC1.Cc1ccc(Cc2ccccc2)c(Cl)c1.Clc1nc(Cl)nc(Cl)n1. The van der Waals surface area contributed by atoms with Gasteiger partial charge in [-0.05, 0) is 243 Å². The summed E-state index contributed by atoms with van der Waals surface area (Å²) < 4.78 is 11.9. The molecule has 14 rings (SSSR count). The van der Waals surface area contributed by atoms with E-state index in [1.165, 1.54) is 94.0 Å². The van der Waals surface area contributed by atoms with Crippen LogP contribution in [0.2, 0.25) is 30.9 Å². The Morgan fingerprint density at radius 2 is 0.798 bits per heavy atom. The minimum atomic E-state index is 0. The predicted octanol–water partition coefficient (Wildman–Crippen LogP) is 21.6. The molecule has 0 unspecified atom stereocenters. The third-order valence-corrected chi connectivity index (χ3v) is 21.8. The van der Waals surface area contributed by atoms with Gasteiger partial charge in [0.2, 0.25) is 51.5 Å². The van der Waals surface area contributed by atoms with Crippen molar-refractivity contribution in [3.05, 3.63) is 204 Å². The highest BCUT2D eigenvalue weighted by molar-refractivity contribution is 6.34. The summed E-state index contributed by atoms with van der Waals surface area (Å²) in [5.74, 6) is 4.90. The Kier molecular flexibility index (Phi) is 42.4. The normalized spacial score (nSPS) is 15.7. The molecule has 5 fully saturated rings. The zero-order valence-electron chi connectivity index (χ0n) is 64.2. The van der Waals surface area contributed by atoms with Gasteiger partial charge in [-0.3, -0.25) is 0 Å². The molecule has 3 aliphatic heterocycles. The lowest BCUT2D eigenvalue weighted by molar-refractivity contribution is 0.240. The number of nitrogens with one attached hydrogen (secondary N) is 6. The highest BCUT2D eigenvalue weighted by Gasteiger charge is 2.26. The highest BCUT2D eigenvalue weighted by atomic mass is 35.5. The Bertz CT molecular complexity index is 4140. The van der Waals surface area contributed by atoms with Gasteiger partial charge in [-0.1, -0.05) is 219 Å². The molecular formula is C87H123Cl6N19O2. The number of ether oxygens (including phenoxy) is 2. The van der Waals surface area contributed by atoms with Crippen molar-refractivity contribution in [2.75, 3.05) is 106 Å². The molecule has 6 N–H and O–H groups in total. The lowest BCUT2D eigenvalue weighted by atomic mass is 10.0. The number of aryl methyl sites for hydroxylation is 1. The molecule has 2 saturated carbocycles. The number of benzene rings is 6. The van der Waals surface area contributed by atoms with Crippen molar-refractivity contribution < 1.29 is 9.47 Å². The summed E-state index contributed by atoms with van der Waals surface area (Å²) in [6.45, 7) is 9.67. The zero-order valence-corrected chi connectivity index (χ0v) is 68.8. The van der Waals surface area contributed by atoms with Crippen LogP contribution < -0.4 is 51.2 Å². The molecule has 2 aliphatic carbocycles. The maximum atomic E-state index is 6.59. The van der Waals surface area contributed by atoms with Gasteiger partial charge in [0.25, 0.3) is 0 Å². The second kappa shape index (κ2) is 50.7. The lowest BCUT2D eigenvalue weighted by Crippen LogP contribution is -2.42. The second-order valence-corrected chi connectivity index (χ2v) is 31.1. The topological polar surface area (TPSA) is 220 Å². The van der Waals surface area contributed by atoms with Gasteiger partial charge in [0, 0.05) is 60.7 Å². The first-order chi connectivity index (χ1) is 53.4. The standard InChI is InChI=1S/C30H40ClN7O.C29H38ClN7O.C14H13Cl.C7H16N2.C3Cl3N3.4CH4/c1-37-18-16-25(17-19-37)38(2)30-35-28(32-23-12-8-3-4-9-13-23)34-29(36-30)33-24-14-15-27(26(31)20-24)39-21-22-10-6-5-7-11-22;1-37(24-15-17-31-18-16-24)29-35-27(32-22-11-7-2-3-8-12-22)34-28(36-29)33-23-13-14-26(25(30)19-23)38-20-21-9-5-4-6-10-21;1-11-7-8-13(14(15)9-11)10-12-5-3-2-4-6-12;1-8-7-3-5-9(2)6-4-7;4-1-7-2(5)9-3(6)8-1;;;;/h5-7,10-11,14-15,20,23,25H,3-4,8-9,12-13,16-19,21H2,1-2H3,(H2,32,33,34,35,36);4-6,9-10,13-14,19,22,24,31H,2-3,7-8,11-12,15-18,20H2,1H3,(H2,32,33,34,35,36);2-9H,10H2,1H3;7-8H,3-6H2,1-2H3;;4*1H4. The van der Waals surface area contributed by atoms with Crippen LogP contribution in [0, 0.1) is 6.92 Å². The number of likely N-dealkylation sites (tertiary alicyclic amines) is 2. The van der Waals surface area contributed by atoms with E-state index < -0.39 is 0 Å². The number of nitrogens with zero attached hydrogens (tertiary/aromatic N) is 13. The van der Waals surface area contributed by atoms with E-state index in [1.54, 1.807) is 0 Å². The molecule has 620 valence electrons. The van der Waals surface area contributed by atoms with Gasteiger partial charge in [-0.2, -0.15) is 44.9 Å². The zero-order chi connectivity index (χ0) is 77.4. The Morgan fingerprint density at radius 1 is 0.412 bits per heavy atom. The molecule has 6 aromatic carbocycles. The van der Waals surface area contributed by atoms with E-state index >= 15 is 0 Å². The monoisotopic (exact) mass is 1680 g/mol. The molecule has 0 spiro atoms. The smallest absolute Gasteiger partial charge is 0.233 e. The van der Waals surface area contributed by atoms with E-state index in [0.29, 0.717) is 94.6 Å².